The second kappa shape index (κ2) is 10.8. The Kier molecular flexibility index (Phi) is 8.17. The van der Waals surface area contributed by atoms with Crippen LogP contribution in [0.3, 0.4) is 0 Å². The van der Waals surface area contributed by atoms with Crippen molar-refractivity contribution in [3.05, 3.63) is 54.1 Å². The predicted molar refractivity (Wildman–Crippen MR) is 112 cm³/mol. The van der Waals surface area contributed by atoms with Crippen molar-refractivity contribution >= 4 is 29.1 Å². The number of carbonyl (C=O) groups excluding carboxylic acids is 3. The second-order valence-electron chi connectivity index (χ2n) is 6.36. The summed E-state index contributed by atoms with van der Waals surface area (Å²) >= 11 is 0. The average Bonchev–Trinajstić information content (AvgIpc) is 2.71. The Bertz CT molecular complexity index is 852. The summed E-state index contributed by atoms with van der Waals surface area (Å²) in [4.78, 5) is 37.4. The average molecular weight is 398 g/mol. The lowest BCUT2D eigenvalue weighted by atomic mass is 10.2. The number of nitrogens with two attached hydrogens (primary N) is 1. The maximum absolute atomic E-state index is 12.3. The molecule has 29 heavy (non-hydrogen) atoms. The predicted octanol–water partition coefficient (Wildman–Crippen LogP) is 2.08. The minimum Gasteiger partial charge on any atom is -0.495 e. The third kappa shape index (κ3) is 6.93. The molecule has 0 saturated heterocycles. The Morgan fingerprint density at radius 3 is 2.31 bits per heavy atom. The second-order valence-corrected chi connectivity index (χ2v) is 6.36. The van der Waals surface area contributed by atoms with Gasteiger partial charge in [-0.25, -0.2) is 0 Å². The molecule has 0 atom stereocenters. The number of ether oxygens (including phenoxy) is 1. The van der Waals surface area contributed by atoms with Crippen molar-refractivity contribution in [2.24, 2.45) is 5.73 Å². The van der Waals surface area contributed by atoms with E-state index in [1.807, 2.05) is 24.0 Å². The topological polar surface area (TPSA) is 114 Å². The highest BCUT2D eigenvalue weighted by Crippen LogP contribution is 2.22. The summed E-state index contributed by atoms with van der Waals surface area (Å²) < 4.78 is 5.23. The number of hydrogen-bond acceptors (Lipinski definition) is 5. The molecule has 0 fully saturated rings. The van der Waals surface area contributed by atoms with E-state index in [9.17, 15) is 14.4 Å². The van der Waals surface area contributed by atoms with Gasteiger partial charge in [0.15, 0.2) is 0 Å². The smallest absolute Gasteiger partial charge is 0.248 e. The molecule has 0 bridgehead atoms. The van der Waals surface area contributed by atoms with Gasteiger partial charge in [0.25, 0.3) is 0 Å². The van der Waals surface area contributed by atoms with Crippen molar-refractivity contribution in [1.29, 1.82) is 0 Å². The van der Waals surface area contributed by atoms with E-state index in [2.05, 4.69) is 10.6 Å². The first-order valence-corrected chi connectivity index (χ1v) is 9.28. The number of primary amides is 1. The highest BCUT2D eigenvalue weighted by Gasteiger charge is 2.13. The van der Waals surface area contributed by atoms with Gasteiger partial charge in [-0.2, -0.15) is 0 Å². The Balaban J connectivity index is 1.82. The van der Waals surface area contributed by atoms with Gasteiger partial charge in [-0.1, -0.05) is 19.1 Å². The number of benzene rings is 2. The Morgan fingerprint density at radius 1 is 1.00 bits per heavy atom. The van der Waals surface area contributed by atoms with E-state index in [1.165, 1.54) is 0 Å². The van der Waals surface area contributed by atoms with Gasteiger partial charge in [-0.3, -0.25) is 19.3 Å². The minimum absolute atomic E-state index is 0.162. The van der Waals surface area contributed by atoms with E-state index < -0.39 is 5.91 Å². The van der Waals surface area contributed by atoms with Gasteiger partial charge in [0.2, 0.25) is 17.7 Å². The highest BCUT2D eigenvalue weighted by molar-refractivity contribution is 5.95. The van der Waals surface area contributed by atoms with Crippen molar-refractivity contribution in [1.82, 2.24) is 4.90 Å². The number of likely N-dealkylation sites (N-methyl/N-ethyl adjacent to an activating group) is 1. The third-order valence-corrected chi connectivity index (χ3v) is 4.30. The maximum Gasteiger partial charge on any atom is 0.248 e. The normalized spacial score (nSPS) is 10.4. The number of nitrogens with one attached hydrogen (secondary N) is 2. The molecule has 0 aromatic heterocycles. The van der Waals surface area contributed by atoms with Gasteiger partial charge in [-0.15, -0.1) is 0 Å². The molecule has 8 heteroatoms. The molecule has 0 saturated carbocycles. The maximum atomic E-state index is 12.3. The number of amides is 3. The Morgan fingerprint density at radius 2 is 1.69 bits per heavy atom. The summed E-state index contributed by atoms with van der Waals surface area (Å²) in [6, 6.07) is 13.5. The molecule has 0 aliphatic heterocycles. The fraction of sp³-hybridized carbons (Fsp3) is 0.286. The third-order valence-electron chi connectivity index (χ3n) is 4.30. The molecule has 2 aromatic carbocycles. The largest absolute Gasteiger partial charge is 0.495 e. The monoisotopic (exact) mass is 398 g/mol. The van der Waals surface area contributed by atoms with Gasteiger partial charge >= 0.3 is 0 Å². The minimum atomic E-state index is -0.520. The molecular formula is C21H26N4O4. The summed E-state index contributed by atoms with van der Waals surface area (Å²) in [6.07, 6.45) is 0.230. The molecular weight excluding hydrogens is 372 g/mol. The summed E-state index contributed by atoms with van der Waals surface area (Å²) in [6.45, 7) is 3.15. The van der Waals surface area contributed by atoms with Crippen LogP contribution < -0.4 is 21.1 Å². The van der Waals surface area contributed by atoms with Crippen LogP contribution in [0.4, 0.5) is 11.4 Å². The molecule has 3 amide bonds. The van der Waals surface area contributed by atoms with Crippen molar-refractivity contribution in [2.45, 2.75) is 13.3 Å². The Hall–Kier alpha value is -3.39. The number of anilines is 2. The zero-order valence-corrected chi connectivity index (χ0v) is 16.6. The number of rotatable bonds is 10. The molecule has 2 rings (SSSR count). The van der Waals surface area contributed by atoms with Crippen LogP contribution in [0.5, 0.6) is 5.75 Å². The fourth-order valence-electron chi connectivity index (χ4n) is 2.69. The summed E-state index contributed by atoms with van der Waals surface area (Å²) in [5.74, 6) is -0.294. The van der Waals surface area contributed by atoms with Crippen molar-refractivity contribution < 1.29 is 19.1 Å². The van der Waals surface area contributed by atoms with Crippen LogP contribution >= 0.6 is 0 Å². The van der Waals surface area contributed by atoms with Crippen LogP contribution in [-0.2, 0) is 9.59 Å². The van der Waals surface area contributed by atoms with E-state index in [4.69, 9.17) is 10.5 Å². The molecule has 154 valence electrons. The fourth-order valence-corrected chi connectivity index (χ4v) is 2.69. The first-order chi connectivity index (χ1) is 13.9. The van der Waals surface area contributed by atoms with Gasteiger partial charge in [0, 0.05) is 24.2 Å². The number of methoxy groups -OCH3 is 1. The summed E-state index contributed by atoms with van der Waals surface area (Å²) in [5, 5.41) is 5.59. The summed E-state index contributed by atoms with van der Waals surface area (Å²) in [7, 11) is 1.55. The van der Waals surface area contributed by atoms with E-state index in [0.29, 0.717) is 35.8 Å². The standard InChI is InChI=1S/C21H26N4O4/c1-3-25(14-20(27)24-17-6-4-5-7-18(17)29-2)13-12-19(26)23-16-10-8-15(9-11-16)21(22)28/h4-11H,3,12-14H2,1-2H3,(H2,22,28)(H,23,26)(H,24,27). The van der Waals surface area contributed by atoms with Crippen molar-refractivity contribution in [3.63, 3.8) is 0 Å². The molecule has 8 nitrogen and oxygen atoms in total. The highest BCUT2D eigenvalue weighted by atomic mass is 16.5. The van der Waals surface area contributed by atoms with E-state index in [1.54, 1.807) is 43.5 Å². The number of carbonyl (C=O) groups is 3. The molecule has 0 unspecified atom stereocenters. The van der Waals surface area contributed by atoms with Crippen LogP contribution in [0.2, 0.25) is 0 Å². The quantitative estimate of drug-likeness (QED) is 0.567. The molecule has 0 spiro atoms. The lowest BCUT2D eigenvalue weighted by Crippen LogP contribution is -2.35. The van der Waals surface area contributed by atoms with E-state index in [-0.39, 0.29) is 24.8 Å². The van der Waals surface area contributed by atoms with Crippen molar-refractivity contribution in [3.8, 4) is 5.75 Å². The number of hydrogen-bond donors (Lipinski definition) is 3. The van der Waals surface area contributed by atoms with Gasteiger partial charge in [0.05, 0.1) is 19.3 Å². The molecule has 4 N–H and O–H groups in total. The van der Waals surface area contributed by atoms with Gasteiger partial charge < -0.3 is 21.1 Å². The first kappa shape index (κ1) is 21.9. The van der Waals surface area contributed by atoms with Crippen LogP contribution in [-0.4, -0.2) is 49.4 Å². The lowest BCUT2D eigenvalue weighted by molar-refractivity contribution is -0.119. The zero-order valence-electron chi connectivity index (χ0n) is 16.6. The first-order valence-electron chi connectivity index (χ1n) is 9.28. The van der Waals surface area contributed by atoms with Crippen LogP contribution in [0.25, 0.3) is 0 Å². The van der Waals surface area contributed by atoms with Gasteiger partial charge in [-0.05, 0) is 42.9 Å². The molecule has 0 radical (unpaired) electrons. The molecule has 2 aromatic rings. The molecule has 0 aliphatic rings. The van der Waals surface area contributed by atoms with Crippen LogP contribution in [0.1, 0.15) is 23.7 Å². The zero-order chi connectivity index (χ0) is 21.2. The number of para-hydroxylation sites is 2. The molecule has 0 aliphatic carbocycles. The van der Waals surface area contributed by atoms with E-state index in [0.717, 1.165) is 0 Å². The van der Waals surface area contributed by atoms with E-state index >= 15 is 0 Å². The number of nitrogens with zero attached hydrogens (tertiary/aromatic N) is 1. The van der Waals surface area contributed by atoms with Crippen LogP contribution in [0.15, 0.2) is 48.5 Å². The molecule has 0 heterocycles. The SMILES string of the molecule is CCN(CCC(=O)Nc1ccc(C(N)=O)cc1)CC(=O)Nc1ccccc1OC. The van der Waals surface area contributed by atoms with Crippen molar-refractivity contribution in [2.75, 3.05) is 37.4 Å². The van der Waals surface area contributed by atoms with Gasteiger partial charge in [0.1, 0.15) is 5.75 Å². The summed E-state index contributed by atoms with van der Waals surface area (Å²) in [5.41, 5.74) is 6.76. The van der Waals surface area contributed by atoms with Crippen LogP contribution in [0, 0.1) is 0 Å². The Labute approximate surface area is 170 Å². The lowest BCUT2D eigenvalue weighted by Gasteiger charge is -2.20.